The van der Waals surface area contributed by atoms with Gasteiger partial charge in [0.2, 0.25) is 0 Å². The van der Waals surface area contributed by atoms with Gasteiger partial charge in [-0.15, -0.1) is 0 Å². The maximum atomic E-state index is 2.54. The zero-order chi connectivity index (χ0) is 38.1. The molecule has 0 atom stereocenters. The van der Waals surface area contributed by atoms with Gasteiger partial charge in [-0.05, 0) is 119 Å². The lowest BCUT2D eigenvalue weighted by atomic mass is 9.80. The highest BCUT2D eigenvalue weighted by Crippen LogP contribution is 2.58. The maximum Gasteiger partial charge on any atom is 0.0549 e. The van der Waals surface area contributed by atoms with Crippen LogP contribution in [0.25, 0.3) is 55.3 Å². The largest absolute Gasteiger partial charge is 0.310 e. The fourth-order valence-corrected chi connectivity index (χ4v) is 10.8. The number of benzene rings is 8. The number of rotatable bonds is 4. The molecule has 1 heteroatoms. The molecule has 0 heterocycles. The van der Waals surface area contributed by atoms with Gasteiger partial charge < -0.3 is 4.90 Å². The summed E-state index contributed by atoms with van der Waals surface area (Å²) in [7, 11) is 0. The summed E-state index contributed by atoms with van der Waals surface area (Å²) in [5, 5.41) is 2.59. The van der Waals surface area contributed by atoms with Crippen molar-refractivity contribution < 1.29 is 0 Å². The van der Waals surface area contributed by atoms with Crippen LogP contribution in [0.5, 0.6) is 0 Å². The van der Waals surface area contributed by atoms with Crippen LogP contribution in [0.15, 0.2) is 164 Å². The molecule has 0 N–H and O–H groups in total. The Bertz CT molecular complexity index is 2940. The van der Waals surface area contributed by atoms with Gasteiger partial charge >= 0.3 is 0 Å². The highest BCUT2D eigenvalue weighted by molar-refractivity contribution is 6.06. The van der Waals surface area contributed by atoms with E-state index in [4.69, 9.17) is 0 Å². The van der Waals surface area contributed by atoms with E-state index in [9.17, 15) is 0 Å². The summed E-state index contributed by atoms with van der Waals surface area (Å²) in [4.78, 5) is 2.54. The van der Waals surface area contributed by atoms with Gasteiger partial charge in [0.15, 0.2) is 0 Å². The van der Waals surface area contributed by atoms with Crippen molar-refractivity contribution in [3.8, 4) is 44.5 Å². The molecule has 0 saturated heterocycles. The maximum absolute atomic E-state index is 2.54. The Morgan fingerprint density at radius 3 is 1.50 bits per heavy atom. The van der Waals surface area contributed by atoms with Crippen LogP contribution >= 0.6 is 0 Å². The zero-order valence-corrected chi connectivity index (χ0v) is 33.0. The van der Waals surface area contributed by atoms with Crippen LogP contribution in [0.2, 0.25) is 0 Å². The molecule has 0 radical (unpaired) electrons. The van der Waals surface area contributed by atoms with Crippen molar-refractivity contribution in [1.82, 2.24) is 0 Å². The van der Waals surface area contributed by atoms with Crippen molar-refractivity contribution in [1.29, 1.82) is 0 Å². The third-order valence-corrected chi connectivity index (χ3v) is 13.6. The van der Waals surface area contributed by atoms with Crippen LogP contribution in [0.3, 0.4) is 0 Å². The minimum atomic E-state index is -0.153. The molecule has 3 aliphatic carbocycles. The van der Waals surface area contributed by atoms with Gasteiger partial charge in [-0.1, -0.05) is 169 Å². The van der Waals surface area contributed by atoms with Gasteiger partial charge in [0.25, 0.3) is 0 Å². The van der Waals surface area contributed by atoms with Crippen LogP contribution in [0.1, 0.15) is 74.9 Å². The van der Waals surface area contributed by atoms with Crippen LogP contribution in [0.4, 0.5) is 17.1 Å². The summed E-state index contributed by atoms with van der Waals surface area (Å²) in [6.45, 7) is 14.3. The van der Waals surface area contributed by atoms with E-state index in [0.717, 1.165) is 5.69 Å². The quantitative estimate of drug-likeness (QED) is 0.175. The van der Waals surface area contributed by atoms with Crippen molar-refractivity contribution in [3.05, 3.63) is 197 Å². The van der Waals surface area contributed by atoms with E-state index in [0.29, 0.717) is 0 Å². The summed E-state index contributed by atoms with van der Waals surface area (Å²) < 4.78 is 0. The first kappa shape index (κ1) is 33.2. The molecule has 56 heavy (non-hydrogen) atoms. The summed E-state index contributed by atoms with van der Waals surface area (Å²) in [5.41, 5.74) is 22.1. The van der Waals surface area contributed by atoms with Gasteiger partial charge in [0, 0.05) is 33.2 Å². The van der Waals surface area contributed by atoms with Gasteiger partial charge in [0.1, 0.15) is 0 Å². The van der Waals surface area contributed by atoms with E-state index in [1.165, 1.54) is 100 Å². The first-order valence-corrected chi connectivity index (χ1v) is 20.1. The molecule has 11 rings (SSSR count). The standard InChI is InChI=1S/C55H45N/c1-53(2)45-20-12-9-17-40(45)42-29-25-35(31-48(42)53)34-23-26-37(27-24-34)56(38-28-30-43-41-18-10-13-21-46(41)54(3,4)49(43)33-38)50-32-36-15-7-8-16-39(36)52-51(50)44-19-11-14-22-47(44)55(52,5)6/h7-33H,1-6H3. The second kappa shape index (κ2) is 11.4. The first-order chi connectivity index (χ1) is 27.0. The fourth-order valence-electron chi connectivity index (χ4n) is 10.8. The molecule has 0 unspecified atom stereocenters. The number of fused-ring (bicyclic) bond motifs is 11. The minimum absolute atomic E-state index is 0.0415. The summed E-state index contributed by atoms with van der Waals surface area (Å²) in [6.07, 6.45) is 0. The minimum Gasteiger partial charge on any atom is -0.310 e. The van der Waals surface area contributed by atoms with Gasteiger partial charge in [-0.3, -0.25) is 0 Å². The smallest absolute Gasteiger partial charge is 0.0549 e. The number of anilines is 3. The molecule has 0 bridgehead atoms. The summed E-state index contributed by atoms with van der Waals surface area (Å²) >= 11 is 0. The van der Waals surface area contributed by atoms with E-state index in [1.54, 1.807) is 0 Å². The Morgan fingerprint density at radius 1 is 0.357 bits per heavy atom. The predicted octanol–water partition coefficient (Wildman–Crippen LogP) is 14.9. The Labute approximate surface area is 330 Å². The lowest BCUT2D eigenvalue weighted by Crippen LogP contribution is -2.18. The molecule has 0 aromatic heterocycles. The summed E-state index contributed by atoms with van der Waals surface area (Å²) in [5.74, 6) is 0. The molecule has 0 fully saturated rings. The van der Waals surface area contributed by atoms with Crippen molar-refractivity contribution in [2.24, 2.45) is 0 Å². The highest BCUT2D eigenvalue weighted by Gasteiger charge is 2.41. The number of hydrogen-bond acceptors (Lipinski definition) is 1. The van der Waals surface area contributed by atoms with E-state index in [2.05, 4.69) is 210 Å². The Morgan fingerprint density at radius 2 is 0.839 bits per heavy atom. The van der Waals surface area contributed by atoms with E-state index in [1.807, 2.05) is 0 Å². The molecule has 1 nitrogen and oxygen atoms in total. The number of hydrogen-bond donors (Lipinski definition) is 0. The van der Waals surface area contributed by atoms with Gasteiger partial charge in [-0.25, -0.2) is 0 Å². The molecule has 0 aliphatic heterocycles. The van der Waals surface area contributed by atoms with Gasteiger partial charge in [0.05, 0.1) is 5.69 Å². The lowest BCUT2D eigenvalue weighted by Gasteiger charge is -2.31. The molecule has 0 saturated carbocycles. The Hall–Kier alpha value is -6.18. The van der Waals surface area contributed by atoms with Crippen molar-refractivity contribution in [2.75, 3.05) is 4.90 Å². The molecular formula is C55H45N. The van der Waals surface area contributed by atoms with E-state index in [-0.39, 0.29) is 16.2 Å². The van der Waals surface area contributed by atoms with Crippen LogP contribution in [0, 0.1) is 0 Å². The molecule has 8 aromatic rings. The average molecular weight is 720 g/mol. The Kier molecular flexibility index (Phi) is 6.77. The van der Waals surface area contributed by atoms with E-state index < -0.39 is 0 Å². The highest BCUT2D eigenvalue weighted by atomic mass is 15.1. The van der Waals surface area contributed by atoms with Crippen molar-refractivity contribution in [3.63, 3.8) is 0 Å². The molecular weight excluding hydrogens is 675 g/mol. The average Bonchev–Trinajstić information content (AvgIpc) is 3.71. The van der Waals surface area contributed by atoms with Crippen LogP contribution in [-0.4, -0.2) is 0 Å². The van der Waals surface area contributed by atoms with Crippen molar-refractivity contribution >= 4 is 27.8 Å². The normalized spacial score (nSPS) is 15.8. The van der Waals surface area contributed by atoms with E-state index >= 15 is 0 Å². The third-order valence-electron chi connectivity index (χ3n) is 13.6. The molecule has 3 aliphatic rings. The van der Waals surface area contributed by atoms with Crippen molar-refractivity contribution in [2.45, 2.75) is 57.8 Å². The molecule has 0 amide bonds. The summed E-state index contributed by atoms with van der Waals surface area (Å²) in [6, 6.07) is 61.9. The first-order valence-electron chi connectivity index (χ1n) is 20.1. The SMILES string of the molecule is CC1(C)c2ccccc2-c2ccc(-c3ccc(N(c4ccc5c(c4)C(C)(C)c4ccccc4-5)c4cc5ccccc5c5c4-c4ccccc4C5(C)C)cc3)cc21. The molecule has 0 spiro atoms. The van der Waals surface area contributed by atoms with Gasteiger partial charge in [-0.2, -0.15) is 0 Å². The fraction of sp³-hybridized carbons (Fsp3) is 0.164. The molecule has 270 valence electrons. The Balaban J connectivity index is 1.12. The third kappa shape index (κ3) is 4.43. The second-order valence-corrected chi connectivity index (χ2v) is 17.8. The zero-order valence-electron chi connectivity index (χ0n) is 33.0. The predicted molar refractivity (Wildman–Crippen MR) is 237 cm³/mol. The second-order valence-electron chi connectivity index (χ2n) is 17.8. The van der Waals surface area contributed by atoms with Crippen LogP contribution < -0.4 is 4.90 Å². The topological polar surface area (TPSA) is 3.24 Å². The lowest BCUT2D eigenvalue weighted by molar-refractivity contribution is 0.660. The number of nitrogens with zero attached hydrogens (tertiary/aromatic N) is 1. The van der Waals surface area contributed by atoms with Crippen LogP contribution in [-0.2, 0) is 16.2 Å². The molecule has 8 aromatic carbocycles. The monoisotopic (exact) mass is 719 g/mol.